The minimum Gasteiger partial charge on any atom is -0.478 e. The molecular weight excluding hydrogens is 350 g/mol. The molecule has 0 unspecified atom stereocenters. The molecule has 138 valence electrons. The Balaban J connectivity index is 1.85. The fourth-order valence-corrected chi connectivity index (χ4v) is 2.68. The van der Waals surface area contributed by atoms with Crippen molar-refractivity contribution in [3.63, 3.8) is 0 Å². The average molecular weight is 367 g/mol. The van der Waals surface area contributed by atoms with E-state index in [9.17, 15) is 19.2 Å². The van der Waals surface area contributed by atoms with Gasteiger partial charge < -0.3 is 9.84 Å². The van der Waals surface area contributed by atoms with Crippen molar-refractivity contribution in [2.45, 2.75) is 13.8 Å². The van der Waals surface area contributed by atoms with E-state index < -0.39 is 23.8 Å². The fourth-order valence-electron chi connectivity index (χ4n) is 2.68. The van der Waals surface area contributed by atoms with Crippen LogP contribution in [0.15, 0.2) is 42.5 Å². The first kappa shape index (κ1) is 18.3. The van der Waals surface area contributed by atoms with E-state index in [4.69, 9.17) is 9.84 Å². The number of esters is 1. The van der Waals surface area contributed by atoms with Crippen molar-refractivity contribution in [1.82, 2.24) is 0 Å². The predicted molar refractivity (Wildman–Crippen MR) is 96.1 cm³/mol. The van der Waals surface area contributed by atoms with Crippen LogP contribution < -0.4 is 4.90 Å². The lowest BCUT2D eigenvalue weighted by Gasteiger charge is -2.14. The van der Waals surface area contributed by atoms with Gasteiger partial charge in [-0.05, 0) is 48.4 Å². The van der Waals surface area contributed by atoms with E-state index in [1.165, 1.54) is 42.5 Å². The molecule has 1 N–H and O–H groups in total. The summed E-state index contributed by atoms with van der Waals surface area (Å²) in [5, 5.41) is 9.06. The Hall–Kier alpha value is -3.48. The normalized spacial score (nSPS) is 13.1. The maximum absolute atomic E-state index is 12.6. The van der Waals surface area contributed by atoms with Crippen LogP contribution in [0.5, 0.6) is 0 Å². The standard InChI is InChI=1S/C20H17NO6/c1-11(2)10-27-20(26)12-3-6-14(7-4-12)21-17(22)15-8-5-13(19(24)25)9-16(15)18(21)23/h3-9,11H,10H2,1-2H3,(H,24,25). The van der Waals surface area contributed by atoms with E-state index in [2.05, 4.69) is 0 Å². The Labute approximate surface area is 155 Å². The van der Waals surface area contributed by atoms with Crippen LogP contribution in [0.2, 0.25) is 0 Å². The number of fused-ring (bicyclic) bond motifs is 1. The van der Waals surface area contributed by atoms with E-state index in [1.807, 2.05) is 13.8 Å². The number of hydrogen-bond donors (Lipinski definition) is 1. The summed E-state index contributed by atoms with van der Waals surface area (Å²) < 4.78 is 5.14. The topological polar surface area (TPSA) is 101 Å². The molecule has 7 heteroatoms. The number of benzene rings is 2. The molecule has 0 saturated heterocycles. The summed E-state index contributed by atoms with van der Waals surface area (Å²) >= 11 is 0. The molecule has 0 atom stereocenters. The molecule has 2 aromatic carbocycles. The van der Waals surface area contributed by atoms with Crippen molar-refractivity contribution in [2.75, 3.05) is 11.5 Å². The number of aromatic carboxylic acids is 1. The van der Waals surface area contributed by atoms with Crippen molar-refractivity contribution in [3.8, 4) is 0 Å². The Morgan fingerprint density at radius 2 is 1.56 bits per heavy atom. The molecule has 0 aliphatic carbocycles. The lowest BCUT2D eigenvalue weighted by atomic mass is 10.1. The van der Waals surface area contributed by atoms with E-state index in [0.29, 0.717) is 17.9 Å². The molecule has 0 radical (unpaired) electrons. The number of carbonyl (C=O) groups is 4. The molecule has 0 saturated carbocycles. The molecule has 1 heterocycles. The number of anilines is 1. The quantitative estimate of drug-likeness (QED) is 0.644. The maximum atomic E-state index is 12.6. The van der Waals surface area contributed by atoms with E-state index in [-0.39, 0.29) is 22.6 Å². The summed E-state index contributed by atoms with van der Waals surface area (Å²) in [6.45, 7) is 4.15. The van der Waals surface area contributed by atoms with Crippen molar-refractivity contribution in [1.29, 1.82) is 0 Å². The molecular formula is C20H17NO6. The van der Waals surface area contributed by atoms with Gasteiger partial charge in [-0.1, -0.05) is 13.8 Å². The zero-order valence-electron chi connectivity index (χ0n) is 14.8. The predicted octanol–water partition coefficient (Wildman–Crippen LogP) is 3.00. The molecule has 7 nitrogen and oxygen atoms in total. The first-order valence-corrected chi connectivity index (χ1v) is 8.33. The SMILES string of the molecule is CC(C)COC(=O)c1ccc(N2C(=O)c3ccc(C(=O)O)cc3C2=O)cc1. The lowest BCUT2D eigenvalue weighted by Crippen LogP contribution is -2.29. The Bertz CT molecular complexity index is 945. The van der Waals surface area contributed by atoms with Crippen LogP contribution in [0.1, 0.15) is 55.3 Å². The molecule has 3 rings (SSSR count). The smallest absolute Gasteiger partial charge is 0.338 e. The zero-order chi connectivity index (χ0) is 19.7. The number of ether oxygens (including phenoxy) is 1. The van der Waals surface area contributed by atoms with Gasteiger partial charge in [0.1, 0.15) is 0 Å². The highest BCUT2D eigenvalue weighted by atomic mass is 16.5. The molecule has 1 aliphatic rings. The van der Waals surface area contributed by atoms with Gasteiger partial charge in [0, 0.05) is 0 Å². The van der Waals surface area contributed by atoms with Crippen molar-refractivity contribution >= 4 is 29.4 Å². The van der Waals surface area contributed by atoms with Gasteiger partial charge in [-0.25, -0.2) is 14.5 Å². The highest BCUT2D eigenvalue weighted by Gasteiger charge is 2.37. The molecule has 0 aromatic heterocycles. The first-order chi connectivity index (χ1) is 12.8. The largest absolute Gasteiger partial charge is 0.478 e. The third kappa shape index (κ3) is 3.44. The van der Waals surface area contributed by atoms with Crippen LogP contribution >= 0.6 is 0 Å². The fraction of sp³-hybridized carbons (Fsp3) is 0.200. The second-order valence-corrected chi connectivity index (χ2v) is 6.55. The second-order valence-electron chi connectivity index (χ2n) is 6.55. The number of rotatable bonds is 5. The van der Waals surface area contributed by atoms with E-state index >= 15 is 0 Å². The van der Waals surface area contributed by atoms with Crippen LogP contribution in [0.4, 0.5) is 5.69 Å². The number of carboxylic acids is 1. The van der Waals surface area contributed by atoms with Gasteiger partial charge in [-0.3, -0.25) is 9.59 Å². The zero-order valence-corrected chi connectivity index (χ0v) is 14.8. The van der Waals surface area contributed by atoms with Crippen molar-refractivity contribution < 1.29 is 29.0 Å². The average Bonchev–Trinajstić information content (AvgIpc) is 2.90. The Morgan fingerprint density at radius 1 is 0.963 bits per heavy atom. The molecule has 0 spiro atoms. The molecule has 0 bridgehead atoms. The number of carbonyl (C=O) groups excluding carboxylic acids is 3. The van der Waals surface area contributed by atoms with Crippen LogP contribution in [-0.2, 0) is 4.74 Å². The molecule has 2 aromatic rings. The minimum atomic E-state index is -1.18. The summed E-state index contributed by atoms with van der Waals surface area (Å²) in [5.41, 5.74) is 0.716. The van der Waals surface area contributed by atoms with Crippen LogP contribution in [-0.4, -0.2) is 35.5 Å². The summed E-state index contributed by atoms with van der Waals surface area (Å²) in [5.74, 6) is -2.60. The molecule has 27 heavy (non-hydrogen) atoms. The van der Waals surface area contributed by atoms with Crippen LogP contribution in [0, 0.1) is 5.92 Å². The summed E-state index contributed by atoms with van der Waals surface area (Å²) in [6.07, 6.45) is 0. The third-order valence-electron chi connectivity index (χ3n) is 4.04. The van der Waals surface area contributed by atoms with Gasteiger partial charge in [0.15, 0.2) is 0 Å². The van der Waals surface area contributed by atoms with Gasteiger partial charge in [0.25, 0.3) is 11.8 Å². The van der Waals surface area contributed by atoms with Gasteiger partial charge in [0.05, 0.1) is 34.5 Å². The Morgan fingerprint density at radius 3 is 2.15 bits per heavy atom. The number of carboxylic acid groups (broad SMARTS) is 1. The second kappa shape index (κ2) is 7.03. The van der Waals surface area contributed by atoms with E-state index in [0.717, 1.165) is 4.90 Å². The summed E-state index contributed by atoms with van der Waals surface area (Å²) in [4.78, 5) is 49.2. The van der Waals surface area contributed by atoms with Gasteiger partial charge in [-0.15, -0.1) is 0 Å². The minimum absolute atomic E-state index is 0.0420. The first-order valence-electron chi connectivity index (χ1n) is 8.33. The summed E-state index contributed by atoms with van der Waals surface area (Å²) in [7, 11) is 0. The summed E-state index contributed by atoms with van der Waals surface area (Å²) in [6, 6.07) is 9.71. The number of imide groups is 1. The van der Waals surface area contributed by atoms with Crippen molar-refractivity contribution in [3.05, 3.63) is 64.7 Å². The van der Waals surface area contributed by atoms with Gasteiger partial charge in [-0.2, -0.15) is 0 Å². The number of amides is 2. The Kier molecular flexibility index (Phi) is 4.77. The highest BCUT2D eigenvalue weighted by Crippen LogP contribution is 2.29. The molecule has 2 amide bonds. The van der Waals surface area contributed by atoms with Crippen LogP contribution in [0.3, 0.4) is 0 Å². The molecule has 0 fully saturated rings. The van der Waals surface area contributed by atoms with Gasteiger partial charge >= 0.3 is 11.9 Å². The maximum Gasteiger partial charge on any atom is 0.338 e. The van der Waals surface area contributed by atoms with Crippen molar-refractivity contribution in [2.24, 2.45) is 5.92 Å². The number of hydrogen-bond acceptors (Lipinski definition) is 5. The number of nitrogens with zero attached hydrogens (tertiary/aromatic N) is 1. The molecule has 1 aliphatic heterocycles. The monoisotopic (exact) mass is 367 g/mol. The van der Waals surface area contributed by atoms with E-state index in [1.54, 1.807) is 0 Å². The van der Waals surface area contributed by atoms with Gasteiger partial charge in [0.2, 0.25) is 0 Å². The van der Waals surface area contributed by atoms with Crippen LogP contribution in [0.25, 0.3) is 0 Å². The third-order valence-corrected chi connectivity index (χ3v) is 4.04. The lowest BCUT2D eigenvalue weighted by molar-refractivity contribution is 0.0458. The highest BCUT2D eigenvalue weighted by molar-refractivity contribution is 6.34.